The molecule has 13 heavy (non-hydrogen) atoms. The highest BCUT2D eigenvalue weighted by Crippen LogP contribution is 2.15. The number of likely N-dealkylation sites (N-methyl/N-ethyl adjacent to an activating group) is 1. The molecule has 2 fully saturated rings. The van der Waals surface area contributed by atoms with Crippen molar-refractivity contribution in [1.82, 2.24) is 10.2 Å². The summed E-state index contributed by atoms with van der Waals surface area (Å²) in [6.45, 7) is 5.54. The van der Waals surface area contributed by atoms with Crippen molar-refractivity contribution >= 4 is 0 Å². The molecule has 2 aliphatic rings. The van der Waals surface area contributed by atoms with E-state index in [2.05, 4.69) is 24.2 Å². The first-order valence-electron chi connectivity index (χ1n) is 5.32. The van der Waals surface area contributed by atoms with Crippen LogP contribution in [-0.2, 0) is 4.74 Å². The summed E-state index contributed by atoms with van der Waals surface area (Å²) in [6.07, 6.45) is 2.88. The predicted octanol–water partition coefficient (Wildman–Crippen LogP) is 0.458. The van der Waals surface area contributed by atoms with Gasteiger partial charge >= 0.3 is 0 Å². The van der Waals surface area contributed by atoms with E-state index in [0.29, 0.717) is 18.2 Å². The molecule has 2 rings (SSSR count). The number of nitrogens with zero attached hydrogens (tertiary/aromatic N) is 1. The molecule has 2 saturated heterocycles. The van der Waals surface area contributed by atoms with E-state index in [0.717, 1.165) is 6.61 Å². The van der Waals surface area contributed by atoms with Gasteiger partial charge in [0.1, 0.15) is 0 Å². The Balaban J connectivity index is 1.77. The average molecular weight is 184 g/mol. The molecule has 0 spiro atoms. The van der Waals surface area contributed by atoms with Crippen LogP contribution in [0.25, 0.3) is 0 Å². The van der Waals surface area contributed by atoms with Crippen molar-refractivity contribution in [3.8, 4) is 0 Å². The van der Waals surface area contributed by atoms with Crippen LogP contribution < -0.4 is 5.32 Å². The van der Waals surface area contributed by atoms with Crippen molar-refractivity contribution in [3.63, 3.8) is 0 Å². The van der Waals surface area contributed by atoms with E-state index >= 15 is 0 Å². The fourth-order valence-corrected chi connectivity index (χ4v) is 2.32. The first-order chi connectivity index (χ1) is 6.25. The van der Waals surface area contributed by atoms with Crippen molar-refractivity contribution in [2.75, 3.05) is 26.7 Å². The van der Waals surface area contributed by atoms with Crippen molar-refractivity contribution in [1.29, 1.82) is 0 Å². The molecule has 0 aliphatic carbocycles. The van der Waals surface area contributed by atoms with E-state index < -0.39 is 0 Å². The summed E-state index contributed by atoms with van der Waals surface area (Å²) in [5.41, 5.74) is 0. The maximum atomic E-state index is 5.53. The first-order valence-corrected chi connectivity index (χ1v) is 5.32. The van der Waals surface area contributed by atoms with Crippen LogP contribution in [0.1, 0.15) is 19.8 Å². The number of nitrogens with one attached hydrogen (secondary N) is 1. The third kappa shape index (κ3) is 2.22. The van der Waals surface area contributed by atoms with Crippen LogP contribution in [0.15, 0.2) is 0 Å². The summed E-state index contributed by atoms with van der Waals surface area (Å²) in [6, 6.07) is 1.29. The first kappa shape index (κ1) is 9.44. The van der Waals surface area contributed by atoms with Gasteiger partial charge in [-0.1, -0.05) is 0 Å². The van der Waals surface area contributed by atoms with E-state index in [-0.39, 0.29) is 0 Å². The second-order valence-corrected chi connectivity index (χ2v) is 4.39. The van der Waals surface area contributed by atoms with E-state index in [1.54, 1.807) is 0 Å². The SMILES string of the molecule is C[C@H]1OCC[C@H]1N[C@@H]1CCN(C)C1. The van der Waals surface area contributed by atoms with Crippen molar-refractivity contribution in [2.45, 2.75) is 38.0 Å². The van der Waals surface area contributed by atoms with Crippen LogP contribution in [0.2, 0.25) is 0 Å². The fourth-order valence-electron chi connectivity index (χ4n) is 2.32. The second kappa shape index (κ2) is 3.95. The Kier molecular flexibility index (Phi) is 2.86. The molecule has 3 heteroatoms. The summed E-state index contributed by atoms with van der Waals surface area (Å²) in [4.78, 5) is 2.39. The van der Waals surface area contributed by atoms with Crippen molar-refractivity contribution in [3.05, 3.63) is 0 Å². The Morgan fingerprint density at radius 2 is 2.23 bits per heavy atom. The van der Waals surface area contributed by atoms with Crippen LogP contribution in [0.4, 0.5) is 0 Å². The molecule has 0 saturated carbocycles. The highest BCUT2D eigenvalue weighted by Gasteiger charge is 2.28. The summed E-state index contributed by atoms with van der Waals surface area (Å²) in [7, 11) is 2.19. The molecule has 3 atom stereocenters. The van der Waals surface area contributed by atoms with E-state index in [9.17, 15) is 0 Å². The van der Waals surface area contributed by atoms with Crippen LogP contribution in [0.3, 0.4) is 0 Å². The van der Waals surface area contributed by atoms with Gasteiger partial charge in [0, 0.05) is 25.2 Å². The van der Waals surface area contributed by atoms with Gasteiger partial charge in [0.2, 0.25) is 0 Å². The third-order valence-corrected chi connectivity index (χ3v) is 3.22. The maximum absolute atomic E-state index is 5.53. The van der Waals surface area contributed by atoms with E-state index in [1.165, 1.54) is 25.9 Å². The molecular formula is C10H20N2O. The van der Waals surface area contributed by atoms with Crippen LogP contribution in [-0.4, -0.2) is 49.8 Å². The van der Waals surface area contributed by atoms with Gasteiger partial charge in [0.25, 0.3) is 0 Å². The summed E-state index contributed by atoms with van der Waals surface area (Å²) in [5, 5.41) is 3.69. The smallest absolute Gasteiger partial charge is 0.0700 e. The van der Waals surface area contributed by atoms with Crippen LogP contribution in [0, 0.1) is 0 Å². The molecule has 2 aliphatic heterocycles. The Labute approximate surface area is 80.4 Å². The lowest BCUT2D eigenvalue weighted by Gasteiger charge is -2.21. The monoisotopic (exact) mass is 184 g/mol. The topological polar surface area (TPSA) is 24.5 Å². The number of hydrogen-bond acceptors (Lipinski definition) is 3. The van der Waals surface area contributed by atoms with Crippen LogP contribution >= 0.6 is 0 Å². The summed E-state index contributed by atoms with van der Waals surface area (Å²) in [5.74, 6) is 0. The molecule has 0 amide bonds. The molecule has 0 bridgehead atoms. The molecule has 76 valence electrons. The number of hydrogen-bond donors (Lipinski definition) is 1. The lowest BCUT2D eigenvalue weighted by Crippen LogP contribution is -2.43. The standard InChI is InChI=1S/C10H20N2O/c1-8-10(4-6-13-8)11-9-3-5-12(2)7-9/h8-11H,3-7H2,1-2H3/t8-,9-,10-/m1/s1. The van der Waals surface area contributed by atoms with E-state index in [4.69, 9.17) is 4.74 Å². The lowest BCUT2D eigenvalue weighted by molar-refractivity contribution is 0.111. The van der Waals surface area contributed by atoms with Gasteiger partial charge in [-0.05, 0) is 33.4 Å². The van der Waals surface area contributed by atoms with Gasteiger partial charge in [-0.2, -0.15) is 0 Å². The van der Waals surface area contributed by atoms with Gasteiger partial charge in [-0.15, -0.1) is 0 Å². The lowest BCUT2D eigenvalue weighted by atomic mass is 10.1. The number of likely N-dealkylation sites (tertiary alicyclic amines) is 1. The molecule has 3 nitrogen and oxygen atoms in total. The highest BCUT2D eigenvalue weighted by atomic mass is 16.5. The predicted molar refractivity (Wildman–Crippen MR) is 52.9 cm³/mol. The Morgan fingerprint density at radius 1 is 1.38 bits per heavy atom. The van der Waals surface area contributed by atoms with Gasteiger partial charge in [-0.3, -0.25) is 0 Å². The van der Waals surface area contributed by atoms with Gasteiger partial charge in [0.05, 0.1) is 6.10 Å². The molecule has 0 radical (unpaired) electrons. The van der Waals surface area contributed by atoms with Gasteiger partial charge < -0.3 is 15.0 Å². The zero-order valence-electron chi connectivity index (χ0n) is 8.62. The van der Waals surface area contributed by atoms with E-state index in [1.807, 2.05) is 0 Å². The normalized spacial score (nSPS) is 41.5. The van der Waals surface area contributed by atoms with Crippen molar-refractivity contribution in [2.24, 2.45) is 0 Å². The quantitative estimate of drug-likeness (QED) is 0.674. The van der Waals surface area contributed by atoms with Crippen molar-refractivity contribution < 1.29 is 4.74 Å². The second-order valence-electron chi connectivity index (χ2n) is 4.39. The van der Waals surface area contributed by atoms with Gasteiger partial charge in [0.15, 0.2) is 0 Å². The molecule has 0 aromatic carbocycles. The minimum Gasteiger partial charge on any atom is -0.377 e. The zero-order valence-corrected chi connectivity index (χ0v) is 8.62. The molecule has 0 aromatic heterocycles. The fraction of sp³-hybridized carbons (Fsp3) is 1.00. The molecular weight excluding hydrogens is 164 g/mol. The molecule has 1 N–H and O–H groups in total. The minimum absolute atomic E-state index is 0.408. The third-order valence-electron chi connectivity index (χ3n) is 3.22. The zero-order chi connectivity index (χ0) is 9.26. The number of rotatable bonds is 2. The summed E-state index contributed by atoms with van der Waals surface area (Å²) < 4.78 is 5.53. The van der Waals surface area contributed by atoms with Crippen LogP contribution in [0.5, 0.6) is 0 Å². The Bertz CT molecular complexity index is 174. The Hall–Kier alpha value is -0.120. The number of ether oxygens (including phenoxy) is 1. The minimum atomic E-state index is 0.408. The average Bonchev–Trinajstić information content (AvgIpc) is 2.64. The maximum Gasteiger partial charge on any atom is 0.0700 e. The largest absolute Gasteiger partial charge is 0.377 e. The molecule has 2 heterocycles. The molecule has 0 aromatic rings. The highest BCUT2D eigenvalue weighted by molar-refractivity contribution is 4.87. The summed E-state index contributed by atoms with van der Waals surface area (Å²) >= 11 is 0. The van der Waals surface area contributed by atoms with Gasteiger partial charge in [-0.25, -0.2) is 0 Å². The molecule has 0 unspecified atom stereocenters. The Morgan fingerprint density at radius 3 is 2.77 bits per heavy atom.